The van der Waals surface area contributed by atoms with E-state index in [4.69, 9.17) is 5.73 Å². The van der Waals surface area contributed by atoms with Crippen LogP contribution in [0.25, 0.3) is 0 Å². The molecule has 0 radical (unpaired) electrons. The molecule has 0 saturated heterocycles. The van der Waals surface area contributed by atoms with Crippen molar-refractivity contribution in [3.63, 3.8) is 0 Å². The minimum absolute atomic E-state index is 0.469. The Morgan fingerprint density at radius 3 is 2.57 bits per heavy atom. The van der Waals surface area contributed by atoms with E-state index in [-0.39, 0.29) is 0 Å². The van der Waals surface area contributed by atoms with Crippen molar-refractivity contribution < 1.29 is 0 Å². The summed E-state index contributed by atoms with van der Waals surface area (Å²) < 4.78 is 0. The van der Waals surface area contributed by atoms with Crippen LogP contribution in [0.1, 0.15) is 51.9 Å². The fourth-order valence-corrected chi connectivity index (χ4v) is 2.52. The molecule has 3 N–H and O–H groups in total. The highest BCUT2D eigenvalue weighted by Gasteiger charge is 2.34. The van der Waals surface area contributed by atoms with Crippen LogP contribution < -0.4 is 11.1 Å². The Balaban J connectivity index is 1.61. The predicted molar refractivity (Wildman–Crippen MR) is 60.2 cm³/mol. The molecule has 2 nitrogen and oxygen atoms in total. The maximum absolute atomic E-state index is 6.07. The van der Waals surface area contributed by atoms with Crippen LogP contribution in [0.2, 0.25) is 0 Å². The molecule has 2 saturated carbocycles. The van der Waals surface area contributed by atoms with Gasteiger partial charge in [0.2, 0.25) is 0 Å². The fraction of sp³-hybridized carbons (Fsp3) is 1.00. The highest BCUT2D eigenvalue weighted by molar-refractivity contribution is 4.95. The van der Waals surface area contributed by atoms with Crippen molar-refractivity contribution in [3.8, 4) is 0 Å². The molecular weight excluding hydrogens is 172 g/mol. The lowest BCUT2D eigenvalue weighted by Gasteiger charge is -2.42. The zero-order chi connectivity index (χ0) is 10.0. The van der Waals surface area contributed by atoms with Crippen molar-refractivity contribution in [2.24, 2.45) is 11.7 Å². The molecule has 14 heavy (non-hydrogen) atoms. The van der Waals surface area contributed by atoms with Gasteiger partial charge in [0, 0.05) is 11.6 Å². The van der Waals surface area contributed by atoms with Gasteiger partial charge in [0.25, 0.3) is 0 Å². The van der Waals surface area contributed by atoms with Gasteiger partial charge in [-0.2, -0.15) is 0 Å². The van der Waals surface area contributed by atoms with Crippen molar-refractivity contribution in [1.82, 2.24) is 5.32 Å². The van der Waals surface area contributed by atoms with Gasteiger partial charge in [-0.1, -0.05) is 6.92 Å². The first kappa shape index (κ1) is 10.4. The standard InChI is InChI=1S/C12H24N2/c1-2-12(7-3-8-12)14-9-6-11(13)10-4-5-10/h10-11,14H,2-9,13H2,1H3. The normalized spacial score (nSPS) is 27.0. The first-order valence-electron chi connectivity index (χ1n) is 6.26. The second kappa shape index (κ2) is 4.19. The molecule has 2 rings (SSSR count). The molecule has 1 atom stereocenters. The fourth-order valence-electron chi connectivity index (χ4n) is 2.52. The maximum atomic E-state index is 6.07. The summed E-state index contributed by atoms with van der Waals surface area (Å²) in [6.45, 7) is 3.43. The van der Waals surface area contributed by atoms with Crippen molar-refractivity contribution in [3.05, 3.63) is 0 Å². The molecule has 0 bridgehead atoms. The number of nitrogens with two attached hydrogens (primary N) is 1. The summed E-state index contributed by atoms with van der Waals surface area (Å²) in [5, 5.41) is 3.72. The average molecular weight is 196 g/mol. The second-order valence-corrected chi connectivity index (χ2v) is 5.20. The monoisotopic (exact) mass is 196 g/mol. The molecular formula is C12H24N2. The third-order valence-corrected chi connectivity index (χ3v) is 4.19. The molecule has 2 aliphatic rings. The lowest BCUT2D eigenvalue weighted by Crippen LogP contribution is -2.51. The van der Waals surface area contributed by atoms with Gasteiger partial charge < -0.3 is 11.1 Å². The van der Waals surface area contributed by atoms with E-state index >= 15 is 0 Å². The van der Waals surface area contributed by atoms with Gasteiger partial charge >= 0.3 is 0 Å². The topological polar surface area (TPSA) is 38.0 Å². The summed E-state index contributed by atoms with van der Waals surface area (Å²) in [7, 11) is 0. The van der Waals surface area contributed by atoms with E-state index in [1.54, 1.807) is 0 Å². The number of hydrogen-bond donors (Lipinski definition) is 2. The molecule has 2 aliphatic carbocycles. The SMILES string of the molecule is CCC1(NCCC(N)C2CC2)CCC1. The van der Waals surface area contributed by atoms with Crippen LogP contribution >= 0.6 is 0 Å². The minimum Gasteiger partial charge on any atom is -0.327 e. The lowest BCUT2D eigenvalue weighted by molar-refractivity contribution is 0.176. The first-order valence-corrected chi connectivity index (χ1v) is 6.26. The zero-order valence-corrected chi connectivity index (χ0v) is 9.39. The molecule has 0 amide bonds. The Labute approximate surface area is 87.6 Å². The molecule has 0 heterocycles. The first-order chi connectivity index (χ1) is 6.76. The predicted octanol–water partition coefficient (Wildman–Crippen LogP) is 2.04. The third kappa shape index (κ3) is 2.29. The molecule has 0 aliphatic heterocycles. The van der Waals surface area contributed by atoms with Gasteiger partial charge in [0.15, 0.2) is 0 Å². The van der Waals surface area contributed by atoms with Gasteiger partial charge in [-0.05, 0) is 57.4 Å². The number of hydrogen-bond acceptors (Lipinski definition) is 2. The largest absolute Gasteiger partial charge is 0.327 e. The Morgan fingerprint density at radius 1 is 1.43 bits per heavy atom. The Kier molecular flexibility index (Phi) is 3.13. The van der Waals surface area contributed by atoms with E-state index in [9.17, 15) is 0 Å². The van der Waals surface area contributed by atoms with Crippen LogP contribution in [0, 0.1) is 5.92 Å². The van der Waals surface area contributed by atoms with E-state index in [1.807, 2.05) is 0 Å². The summed E-state index contributed by atoms with van der Waals surface area (Å²) >= 11 is 0. The summed E-state index contributed by atoms with van der Waals surface area (Å²) in [6.07, 6.45) is 9.37. The van der Waals surface area contributed by atoms with Crippen LogP contribution in [0.4, 0.5) is 0 Å². The minimum atomic E-state index is 0.469. The van der Waals surface area contributed by atoms with Crippen LogP contribution in [-0.4, -0.2) is 18.1 Å². The highest BCUT2D eigenvalue weighted by atomic mass is 15.0. The van der Waals surface area contributed by atoms with Gasteiger partial charge in [-0.3, -0.25) is 0 Å². The Hall–Kier alpha value is -0.0800. The number of nitrogens with one attached hydrogen (secondary N) is 1. The smallest absolute Gasteiger partial charge is 0.0178 e. The summed E-state index contributed by atoms with van der Waals surface area (Å²) in [6, 6.07) is 0.469. The van der Waals surface area contributed by atoms with Crippen LogP contribution in [0.5, 0.6) is 0 Å². The van der Waals surface area contributed by atoms with Crippen molar-refractivity contribution >= 4 is 0 Å². The van der Waals surface area contributed by atoms with E-state index < -0.39 is 0 Å². The van der Waals surface area contributed by atoms with Crippen LogP contribution in [-0.2, 0) is 0 Å². The Bertz CT molecular complexity index is 177. The van der Waals surface area contributed by atoms with Gasteiger partial charge in [0.05, 0.1) is 0 Å². The quantitative estimate of drug-likeness (QED) is 0.682. The summed E-state index contributed by atoms with van der Waals surface area (Å²) in [5.41, 5.74) is 6.57. The summed E-state index contributed by atoms with van der Waals surface area (Å²) in [5.74, 6) is 0.857. The van der Waals surface area contributed by atoms with Crippen molar-refractivity contribution in [1.29, 1.82) is 0 Å². The molecule has 2 fully saturated rings. The lowest BCUT2D eigenvalue weighted by atomic mass is 9.75. The van der Waals surface area contributed by atoms with E-state index in [2.05, 4.69) is 12.2 Å². The van der Waals surface area contributed by atoms with Gasteiger partial charge in [-0.15, -0.1) is 0 Å². The molecule has 0 aromatic rings. The van der Waals surface area contributed by atoms with Crippen LogP contribution in [0.3, 0.4) is 0 Å². The van der Waals surface area contributed by atoms with Crippen molar-refractivity contribution in [2.45, 2.75) is 63.5 Å². The molecule has 1 unspecified atom stereocenters. The van der Waals surface area contributed by atoms with Gasteiger partial charge in [-0.25, -0.2) is 0 Å². The molecule has 0 aromatic heterocycles. The van der Waals surface area contributed by atoms with E-state index in [1.165, 1.54) is 44.9 Å². The summed E-state index contributed by atoms with van der Waals surface area (Å²) in [4.78, 5) is 0. The highest BCUT2D eigenvalue weighted by Crippen LogP contribution is 2.35. The van der Waals surface area contributed by atoms with E-state index in [0.717, 1.165) is 12.5 Å². The number of rotatable bonds is 6. The second-order valence-electron chi connectivity index (χ2n) is 5.20. The van der Waals surface area contributed by atoms with Crippen LogP contribution in [0.15, 0.2) is 0 Å². The van der Waals surface area contributed by atoms with Gasteiger partial charge in [0.1, 0.15) is 0 Å². The molecule has 2 heteroatoms. The molecule has 0 spiro atoms. The maximum Gasteiger partial charge on any atom is 0.0178 e. The Morgan fingerprint density at radius 2 is 2.14 bits per heavy atom. The third-order valence-electron chi connectivity index (χ3n) is 4.19. The van der Waals surface area contributed by atoms with E-state index in [0.29, 0.717) is 11.6 Å². The molecule has 0 aromatic carbocycles. The van der Waals surface area contributed by atoms with Crippen molar-refractivity contribution in [2.75, 3.05) is 6.54 Å². The molecule has 82 valence electrons. The zero-order valence-electron chi connectivity index (χ0n) is 9.39. The average Bonchev–Trinajstić information content (AvgIpc) is 2.92.